The second-order valence-electron chi connectivity index (χ2n) is 11.2. The summed E-state index contributed by atoms with van der Waals surface area (Å²) in [7, 11) is 0. The molecule has 2 fully saturated rings. The number of nitrogens with zero attached hydrogens (tertiary/aromatic N) is 2. The molecule has 6 N–H and O–H groups in total. The van der Waals surface area contributed by atoms with Crippen LogP contribution in [-0.4, -0.2) is 22.8 Å². The van der Waals surface area contributed by atoms with Gasteiger partial charge in [0.25, 0.3) is 0 Å². The fraction of sp³-hybridized carbons (Fsp3) is 0.571. The first-order chi connectivity index (χ1) is 16.6. The molecule has 6 aliphatic carbocycles. The monoisotopic (exact) mass is 456 g/mol. The summed E-state index contributed by atoms with van der Waals surface area (Å²) in [5, 5.41) is 26.1. The largest absolute Gasteiger partial charge is 0.323 e. The minimum absolute atomic E-state index is 0.0331. The van der Waals surface area contributed by atoms with Crippen molar-refractivity contribution in [2.24, 2.45) is 57.4 Å². The van der Waals surface area contributed by atoms with Crippen molar-refractivity contribution in [3.63, 3.8) is 0 Å². The molecule has 0 aromatic rings. The van der Waals surface area contributed by atoms with Gasteiger partial charge in [0.05, 0.1) is 11.4 Å². The molecule has 178 valence electrons. The van der Waals surface area contributed by atoms with Gasteiger partial charge in [0.1, 0.15) is 0 Å². The number of nitrogens with two attached hydrogens (primary N) is 2. The van der Waals surface area contributed by atoms with Crippen molar-refractivity contribution in [1.82, 2.24) is 0 Å². The maximum atomic E-state index is 9.07. The standard InChI is InChI=1S/C28H36N6/c29-25-7-3-17-9-15-1-5-21(33-31)11-19(15)13-23(17)27(25)28-24-14-20-12-22(34-32)6-2-16(20)10-18(24)4-8-26(28)30/h11-18,27-30H,1-10,31-32H2/b29-25?,30-26?,33-21+,34-22+. The Morgan fingerprint density at radius 3 is 1.41 bits per heavy atom. The lowest BCUT2D eigenvalue weighted by Crippen LogP contribution is -2.43. The predicted molar refractivity (Wildman–Crippen MR) is 138 cm³/mol. The number of hydrazone groups is 2. The Morgan fingerprint density at radius 2 is 1.00 bits per heavy atom. The number of nitrogens with one attached hydrogen (secondary N) is 2. The van der Waals surface area contributed by atoms with Gasteiger partial charge in [0.15, 0.2) is 0 Å². The summed E-state index contributed by atoms with van der Waals surface area (Å²) in [5.74, 6) is 13.5. The Kier molecular flexibility index (Phi) is 5.42. The van der Waals surface area contributed by atoms with Gasteiger partial charge in [-0.3, -0.25) is 0 Å². The second-order valence-corrected chi connectivity index (χ2v) is 11.2. The van der Waals surface area contributed by atoms with E-state index in [9.17, 15) is 0 Å². The number of rotatable bonds is 1. The molecule has 6 rings (SSSR count). The van der Waals surface area contributed by atoms with E-state index in [4.69, 9.17) is 22.5 Å². The first-order valence-electron chi connectivity index (χ1n) is 13.1. The highest BCUT2D eigenvalue weighted by atomic mass is 15.1. The summed E-state index contributed by atoms with van der Waals surface area (Å²) >= 11 is 0. The van der Waals surface area contributed by atoms with Crippen LogP contribution in [-0.2, 0) is 0 Å². The van der Waals surface area contributed by atoms with Gasteiger partial charge >= 0.3 is 0 Å². The normalized spacial score (nSPS) is 39.8. The van der Waals surface area contributed by atoms with Gasteiger partial charge in [-0.15, -0.1) is 0 Å². The zero-order valence-electron chi connectivity index (χ0n) is 19.9. The maximum Gasteiger partial charge on any atom is 0.0603 e. The molecule has 34 heavy (non-hydrogen) atoms. The fourth-order valence-electron chi connectivity index (χ4n) is 7.77. The van der Waals surface area contributed by atoms with Crippen molar-refractivity contribution in [2.75, 3.05) is 0 Å². The van der Waals surface area contributed by atoms with Gasteiger partial charge in [0, 0.05) is 23.3 Å². The van der Waals surface area contributed by atoms with E-state index < -0.39 is 0 Å². The van der Waals surface area contributed by atoms with Crippen LogP contribution in [0.3, 0.4) is 0 Å². The van der Waals surface area contributed by atoms with E-state index in [2.05, 4.69) is 34.5 Å². The third kappa shape index (κ3) is 3.53. The Labute approximate surface area is 202 Å². The number of hydrogen-bond donors (Lipinski definition) is 4. The minimum atomic E-state index is 0.0331. The van der Waals surface area contributed by atoms with Crippen LogP contribution in [0, 0.1) is 46.3 Å². The SMILES string of the molecule is N=C1CCC2CC3CC/C(=N\N)C=C3C=C2C1C1C(=N)CCC2CC3CC/C(=N\N)C=C3C=C21. The van der Waals surface area contributed by atoms with Crippen LogP contribution < -0.4 is 11.7 Å². The van der Waals surface area contributed by atoms with E-state index in [1.54, 1.807) is 0 Å². The van der Waals surface area contributed by atoms with E-state index in [0.717, 1.165) is 74.2 Å². The minimum Gasteiger partial charge on any atom is -0.323 e. The van der Waals surface area contributed by atoms with E-state index in [1.807, 2.05) is 0 Å². The van der Waals surface area contributed by atoms with Crippen LogP contribution in [0.15, 0.2) is 56.8 Å². The molecular formula is C28H36N6. The van der Waals surface area contributed by atoms with Crippen molar-refractivity contribution >= 4 is 22.8 Å². The molecule has 2 saturated carbocycles. The third-order valence-electron chi connectivity index (χ3n) is 9.51. The average molecular weight is 457 g/mol. The molecule has 6 aliphatic rings. The fourth-order valence-corrected chi connectivity index (χ4v) is 7.77. The topological polar surface area (TPSA) is 124 Å². The van der Waals surface area contributed by atoms with Crippen LogP contribution in [0.1, 0.15) is 64.2 Å². The summed E-state index contributed by atoms with van der Waals surface area (Å²) in [6, 6.07) is 0. The second kappa shape index (κ2) is 8.47. The molecule has 6 atom stereocenters. The zero-order valence-corrected chi connectivity index (χ0v) is 19.9. The predicted octanol–water partition coefficient (Wildman–Crippen LogP) is 5.04. The Morgan fingerprint density at radius 1 is 0.588 bits per heavy atom. The van der Waals surface area contributed by atoms with Gasteiger partial charge in [-0.2, -0.15) is 10.2 Å². The van der Waals surface area contributed by atoms with Crippen molar-refractivity contribution in [1.29, 1.82) is 10.8 Å². The molecule has 6 heteroatoms. The first-order valence-corrected chi connectivity index (χ1v) is 13.1. The quantitative estimate of drug-likeness (QED) is 0.326. The molecule has 6 nitrogen and oxygen atoms in total. The zero-order chi connectivity index (χ0) is 23.4. The molecule has 6 unspecified atom stereocenters. The van der Waals surface area contributed by atoms with Crippen LogP contribution in [0.4, 0.5) is 0 Å². The lowest BCUT2D eigenvalue weighted by Gasteiger charge is -2.48. The highest BCUT2D eigenvalue weighted by Crippen LogP contribution is 2.53. The molecule has 0 bridgehead atoms. The summed E-state index contributed by atoms with van der Waals surface area (Å²) in [6.45, 7) is 0. The molecular weight excluding hydrogens is 420 g/mol. The number of fused-ring (bicyclic) bond motifs is 4. The number of allylic oxidation sites excluding steroid dienone is 8. The Hall–Kier alpha value is -2.76. The highest BCUT2D eigenvalue weighted by Gasteiger charge is 2.46. The van der Waals surface area contributed by atoms with Crippen LogP contribution in [0.5, 0.6) is 0 Å². The summed E-state index contributed by atoms with van der Waals surface area (Å²) in [6.07, 6.45) is 19.6. The van der Waals surface area contributed by atoms with Gasteiger partial charge in [-0.05, 0) is 111 Å². The molecule has 0 heterocycles. The first kappa shape index (κ1) is 21.8. The van der Waals surface area contributed by atoms with Gasteiger partial charge in [-0.1, -0.05) is 23.3 Å². The molecule has 0 spiro atoms. The van der Waals surface area contributed by atoms with Crippen molar-refractivity contribution in [2.45, 2.75) is 64.2 Å². The molecule has 0 aromatic carbocycles. The average Bonchev–Trinajstić information content (AvgIpc) is 2.86. The van der Waals surface area contributed by atoms with Crippen molar-refractivity contribution in [3.8, 4) is 0 Å². The molecule has 0 saturated heterocycles. The van der Waals surface area contributed by atoms with Crippen LogP contribution in [0.25, 0.3) is 0 Å². The summed E-state index contributed by atoms with van der Waals surface area (Å²) in [4.78, 5) is 0. The van der Waals surface area contributed by atoms with Crippen LogP contribution >= 0.6 is 0 Å². The van der Waals surface area contributed by atoms with Crippen molar-refractivity contribution in [3.05, 3.63) is 46.6 Å². The Bertz CT molecular complexity index is 1030. The van der Waals surface area contributed by atoms with E-state index in [0.29, 0.717) is 23.7 Å². The molecule has 0 radical (unpaired) electrons. The third-order valence-corrected chi connectivity index (χ3v) is 9.51. The number of hydrogen-bond acceptors (Lipinski definition) is 6. The maximum absolute atomic E-state index is 9.07. The van der Waals surface area contributed by atoms with Crippen LogP contribution in [0.2, 0.25) is 0 Å². The molecule has 0 aromatic heterocycles. The van der Waals surface area contributed by atoms with E-state index >= 15 is 0 Å². The van der Waals surface area contributed by atoms with Crippen molar-refractivity contribution < 1.29 is 0 Å². The summed E-state index contributed by atoms with van der Waals surface area (Å²) in [5.41, 5.74) is 9.10. The van der Waals surface area contributed by atoms with E-state index in [1.165, 1.54) is 35.1 Å². The van der Waals surface area contributed by atoms with Gasteiger partial charge in [0.2, 0.25) is 0 Å². The van der Waals surface area contributed by atoms with E-state index in [-0.39, 0.29) is 11.8 Å². The Balaban J connectivity index is 1.43. The smallest absolute Gasteiger partial charge is 0.0603 e. The lowest BCUT2D eigenvalue weighted by atomic mass is 9.56. The highest BCUT2D eigenvalue weighted by molar-refractivity contribution is 5.99. The lowest BCUT2D eigenvalue weighted by molar-refractivity contribution is 0.327. The molecule has 0 aliphatic heterocycles. The summed E-state index contributed by atoms with van der Waals surface area (Å²) < 4.78 is 0. The van der Waals surface area contributed by atoms with Gasteiger partial charge < -0.3 is 22.5 Å². The molecule has 0 amide bonds. The van der Waals surface area contributed by atoms with Gasteiger partial charge in [-0.25, -0.2) is 0 Å².